The van der Waals surface area contributed by atoms with Gasteiger partial charge in [0.15, 0.2) is 0 Å². The lowest BCUT2D eigenvalue weighted by Gasteiger charge is -2.29. The van der Waals surface area contributed by atoms with Gasteiger partial charge in [-0.3, -0.25) is 0 Å². The second-order valence-corrected chi connectivity index (χ2v) is 7.65. The summed E-state index contributed by atoms with van der Waals surface area (Å²) in [6.45, 7) is 4.81. The summed E-state index contributed by atoms with van der Waals surface area (Å²) in [6, 6.07) is 9.17. The Balaban J connectivity index is 2.18. The van der Waals surface area contributed by atoms with E-state index in [0.29, 0.717) is 13.2 Å². The van der Waals surface area contributed by atoms with Crippen LogP contribution in [0.5, 0.6) is 0 Å². The molecule has 33 heavy (non-hydrogen) atoms. The summed E-state index contributed by atoms with van der Waals surface area (Å²) in [5, 5.41) is 11.6. The highest BCUT2D eigenvalue weighted by Crippen LogP contribution is 2.17. The zero-order valence-corrected chi connectivity index (χ0v) is 19.3. The topological polar surface area (TPSA) is 133 Å². The number of alkyl halides is 1. The van der Waals surface area contributed by atoms with Gasteiger partial charge in [0.2, 0.25) is 0 Å². The quantitative estimate of drug-likeness (QED) is 0.293. The van der Waals surface area contributed by atoms with Crippen LogP contribution in [0.2, 0.25) is 0 Å². The van der Waals surface area contributed by atoms with Gasteiger partial charge in [-0.1, -0.05) is 30.3 Å². The van der Waals surface area contributed by atoms with Crippen LogP contribution < -0.4 is 11.1 Å². The number of rotatable bonds is 17. The molecule has 0 heterocycles. The summed E-state index contributed by atoms with van der Waals surface area (Å²) in [6.07, 6.45) is -3.25. The highest BCUT2D eigenvalue weighted by atomic mass is 19.1. The summed E-state index contributed by atoms with van der Waals surface area (Å²) >= 11 is 0. The van der Waals surface area contributed by atoms with Gasteiger partial charge in [0.25, 0.3) is 0 Å². The molecule has 1 rings (SSSR count). The Morgan fingerprint density at radius 1 is 1.09 bits per heavy atom. The van der Waals surface area contributed by atoms with Gasteiger partial charge < -0.3 is 40.0 Å². The maximum atomic E-state index is 14.5. The first-order valence-corrected chi connectivity index (χ1v) is 10.8. The molecule has 10 nitrogen and oxygen atoms in total. The van der Waals surface area contributed by atoms with E-state index in [2.05, 4.69) is 5.32 Å². The number of carbonyl (C=O) groups is 2. The van der Waals surface area contributed by atoms with Crippen LogP contribution in [0, 0.1) is 0 Å². The van der Waals surface area contributed by atoms with Gasteiger partial charge in [-0.05, 0) is 19.4 Å². The summed E-state index contributed by atoms with van der Waals surface area (Å²) in [5.74, 6) is 0. The van der Waals surface area contributed by atoms with Crippen molar-refractivity contribution in [2.24, 2.45) is 5.73 Å². The van der Waals surface area contributed by atoms with Gasteiger partial charge in [0.1, 0.15) is 12.8 Å². The molecule has 0 aromatic heterocycles. The number of halogens is 1. The molecule has 0 spiro atoms. The first-order valence-electron chi connectivity index (χ1n) is 10.8. The minimum absolute atomic E-state index is 0.0981. The van der Waals surface area contributed by atoms with Gasteiger partial charge in [0.05, 0.1) is 45.2 Å². The van der Waals surface area contributed by atoms with Crippen molar-refractivity contribution < 1.29 is 38.0 Å². The van der Waals surface area contributed by atoms with Crippen LogP contribution in [0.4, 0.5) is 14.0 Å². The van der Waals surface area contributed by atoms with Crippen molar-refractivity contribution in [1.82, 2.24) is 10.2 Å². The second-order valence-electron chi connectivity index (χ2n) is 7.65. The zero-order valence-electron chi connectivity index (χ0n) is 19.3. The van der Waals surface area contributed by atoms with Gasteiger partial charge in [-0.15, -0.1) is 0 Å². The van der Waals surface area contributed by atoms with Crippen LogP contribution in [-0.4, -0.2) is 93.2 Å². The standard InChI is InChI=1S/C22H36FN3O7/c1-22(2,19(23)16-25-20(27)32-17-18-6-4-3-5-7-18)33-15-14-31-13-10-26(21(28)29)9-12-30-11-8-24/h3-7,19H,8-17,24H2,1-2H3,(H,25,27)(H,28,29). The molecule has 1 aromatic carbocycles. The Morgan fingerprint density at radius 2 is 1.73 bits per heavy atom. The van der Waals surface area contributed by atoms with Gasteiger partial charge >= 0.3 is 12.2 Å². The van der Waals surface area contributed by atoms with E-state index >= 15 is 0 Å². The van der Waals surface area contributed by atoms with Crippen LogP contribution in [0.1, 0.15) is 19.4 Å². The fraction of sp³-hybridized carbons (Fsp3) is 0.636. The predicted octanol–water partition coefficient (Wildman–Crippen LogP) is 2.02. The number of carboxylic acid groups (broad SMARTS) is 1. The van der Waals surface area contributed by atoms with Gasteiger partial charge in [-0.25, -0.2) is 14.0 Å². The third kappa shape index (κ3) is 13.0. The molecule has 0 fully saturated rings. The van der Waals surface area contributed by atoms with Crippen LogP contribution in [-0.2, 0) is 25.6 Å². The van der Waals surface area contributed by atoms with E-state index in [9.17, 15) is 14.0 Å². The molecule has 0 bridgehead atoms. The fourth-order valence-electron chi connectivity index (χ4n) is 2.59. The maximum Gasteiger partial charge on any atom is 0.407 e. The highest BCUT2D eigenvalue weighted by Gasteiger charge is 2.31. The number of carbonyl (C=O) groups excluding carboxylic acids is 1. The maximum absolute atomic E-state index is 14.5. The number of hydrogen-bond acceptors (Lipinski definition) is 7. The first-order chi connectivity index (χ1) is 15.8. The molecule has 188 valence electrons. The Morgan fingerprint density at radius 3 is 2.33 bits per heavy atom. The lowest BCUT2D eigenvalue weighted by Crippen LogP contribution is -2.44. The monoisotopic (exact) mass is 473 g/mol. The van der Waals surface area contributed by atoms with Crippen molar-refractivity contribution >= 4 is 12.2 Å². The molecule has 0 aliphatic rings. The lowest BCUT2D eigenvalue weighted by atomic mass is 10.0. The Bertz CT molecular complexity index is 679. The van der Waals surface area contributed by atoms with E-state index in [1.807, 2.05) is 30.3 Å². The first kappa shape index (κ1) is 28.6. The largest absolute Gasteiger partial charge is 0.465 e. The van der Waals surface area contributed by atoms with E-state index in [4.69, 9.17) is 29.8 Å². The summed E-state index contributed by atoms with van der Waals surface area (Å²) in [5.41, 5.74) is 4.98. The smallest absolute Gasteiger partial charge is 0.407 e. The number of nitrogens with zero attached hydrogens (tertiary/aromatic N) is 1. The molecule has 0 radical (unpaired) electrons. The van der Waals surface area contributed by atoms with E-state index < -0.39 is 24.0 Å². The number of ether oxygens (including phenoxy) is 4. The summed E-state index contributed by atoms with van der Waals surface area (Å²) in [7, 11) is 0. The molecule has 1 aromatic rings. The van der Waals surface area contributed by atoms with E-state index in [1.54, 1.807) is 13.8 Å². The molecule has 0 saturated carbocycles. The molecule has 11 heteroatoms. The third-order valence-corrected chi connectivity index (χ3v) is 4.64. The van der Waals surface area contributed by atoms with E-state index in [1.165, 1.54) is 4.90 Å². The molecule has 4 N–H and O–H groups in total. The summed E-state index contributed by atoms with van der Waals surface area (Å²) < 4.78 is 35.7. The number of nitrogens with one attached hydrogen (secondary N) is 1. The molecule has 2 amide bonds. The second kappa shape index (κ2) is 16.2. The molecule has 0 aliphatic carbocycles. The van der Waals surface area contributed by atoms with Crippen LogP contribution in [0.3, 0.4) is 0 Å². The third-order valence-electron chi connectivity index (χ3n) is 4.64. The van der Waals surface area contributed by atoms with Crippen molar-refractivity contribution in [3.05, 3.63) is 35.9 Å². The number of amides is 2. The minimum atomic E-state index is -1.47. The molecule has 0 saturated heterocycles. The molecule has 1 atom stereocenters. The van der Waals surface area contributed by atoms with Crippen molar-refractivity contribution in [3.8, 4) is 0 Å². The van der Waals surface area contributed by atoms with Crippen molar-refractivity contribution in [2.75, 3.05) is 59.2 Å². The average Bonchev–Trinajstić information content (AvgIpc) is 2.79. The van der Waals surface area contributed by atoms with Gasteiger partial charge in [0, 0.05) is 19.6 Å². The van der Waals surface area contributed by atoms with Crippen molar-refractivity contribution in [2.45, 2.75) is 32.2 Å². The SMILES string of the molecule is CC(C)(OCCOCCN(CCOCCN)C(=O)O)C(F)CNC(=O)OCc1ccccc1. The number of nitrogens with two attached hydrogens (primary N) is 1. The number of hydrogen-bond donors (Lipinski definition) is 3. The number of alkyl carbamates (subject to hydrolysis) is 1. The fourth-order valence-corrected chi connectivity index (χ4v) is 2.59. The van der Waals surface area contributed by atoms with Crippen molar-refractivity contribution in [3.63, 3.8) is 0 Å². The number of benzene rings is 1. The normalized spacial score (nSPS) is 12.2. The minimum Gasteiger partial charge on any atom is -0.465 e. The Labute approximate surface area is 194 Å². The summed E-state index contributed by atoms with van der Waals surface area (Å²) in [4.78, 5) is 24.1. The van der Waals surface area contributed by atoms with Crippen molar-refractivity contribution in [1.29, 1.82) is 0 Å². The van der Waals surface area contributed by atoms with Crippen LogP contribution in [0.15, 0.2) is 30.3 Å². The Kier molecular flexibility index (Phi) is 14.0. The van der Waals surface area contributed by atoms with Crippen LogP contribution in [0.25, 0.3) is 0 Å². The molecule has 1 unspecified atom stereocenters. The zero-order chi connectivity index (χ0) is 24.5. The highest BCUT2D eigenvalue weighted by molar-refractivity contribution is 5.67. The molecule has 0 aliphatic heterocycles. The lowest BCUT2D eigenvalue weighted by molar-refractivity contribution is -0.0871. The average molecular weight is 474 g/mol. The molecular formula is C22H36FN3O7. The van der Waals surface area contributed by atoms with Crippen LogP contribution >= 0.6 is 0 Å². The Hall–Kier alpha value is -2.47. The molecular weight excluding hydrogens is 437 g/mol. The van der Waals surface area contributed by atoms with E-state index in [0.717, 1.165) is 5.56 Å². The van der Waals surface area contributed by atoms with Gasteiger partial charge in [-0.2, -0.15) is 0 Å². The van der Waals surface area contributed by atoms with E-state index in [-0.39, 0.29) is 52.7 Å². The predicted molar refractivity (Wildman–Crippen MR) is 120 cm³/mol.